The summed E-state index contributed by atoms with van der Waals surface area (Å²) in [6, 6.07) is 16.3. The zero-order valence-electron chi connectivity index (χ0n) is 12.4. The number of nitrogens with zero attached hydrogens (tertiary/aromatic N) is 1. The minimum Gasteiger partial charge on any atom is -0.508 e. The molecule has 2 heteroatoms. The fraction of sp³-hybridized carbons (Fsp3) is 0.316. The van der Waals surface area contributed by atoms with E-state index < -0.39 is 0 Å². The molecule has 1 atom stereocenters. The number of fused-ring (bicyclic) bond motifs is 1. The molecule has 2 aromatic carbocycles. The van der Waals surface area contributed by atoms with E-state index in [2.05, 4.69) is 31.2 Å². The summed E-state index contributed by atoms with van der Waals surface area (Å²) in [4.78, 5) is 4.97. The first-order chi connectivity index (χ1) is 10.2. The van der Waals surface area contributed by atoms with Crippen molar-refractivity contribution in [1.82, 2.24) is 0 Å². The molecule has 0 radical (unpaired) electrons. The maximum atomic E-state index is 9.69. The van der Waals surface area contributed by atoms with Crippen molar-refractivity contribution >= 4 is 5.71 Å². The topological polar surface area (TPSA) is 32.6 Å². The van der Waals surface area contributed by atoms with Gasteiger partial charge in [-0.05, 0) is 67.5 Å². The Balaban J connectivity index is 1.96. The lowest BCUT2D eigenvalue weighted by atomic mass is 10.0. The number of aliphatic imine (C=N–C) groups is 1. The first kappa shape index (κ1) is 13.9. The highest BCUT2D eigenvalue weighted by Gasteiger charge is 2.15. The first-order valence-corrected chi connectivity index (χ1v) is 7.68. The maximum Gasteiger partial charge on any atom is 0.115 e. The Morgan fingerprint density at radius 1 is 1.00 bits per heavy atom. The molecule has 0 spiro atoms. The van der Waals surface area contributed by atoms with Gasteiger partial charge in [-0.2, -0.15) is 0 Å². The van der Waals surface area contributed by atoms with Crippen LogP contribution in [0.3, 0.4) is 0 Å². The molecule has 1 N–H and O–H groups in total. The molecule has 2 nitrogen and oxygen atoms in total. The third-order valence-corrected chi connectivity index (χ3v) is 4.14. The highest BCUT2D eigenvalue weighted by atomic mass is 16.3. The van der Waals surface area contributed by atoms with Crippen LogP contribution in [0.4, 0.5) is 0 Å². The van der Waals surface area contributed by atoms with Crippen LogP contribution in [0.15, 0.2) is 53.5 Å². The van der Waals surface area contributed by atoms with E-state index in [0.29, 0.717) is 5.75 Å². The molecule has 0 bridgehead atoms. The fourth-order valence-electron chi connectivity index (χ4n) is 2.98. The molecule has 0 fully saturated rings. The maximum absolute atomic E-state index is 9.69. The number of benzene rings is 2. The summed E-state index contributed by atoms with van der Waals surface area (Å²) in [5.41, 5.74) is 4.87. The minimum absolute atomic E-state index is 0.168. The number of rotatable bonds is 2. The van der Waals surface area contributed by atoms with Gasteiger partial charge in [0.05, 0.1) is 6.04 Å². The van der Waals surface area contributed by atoms with Crippen molar-refractivity contribution in [2.75, 3.05) is 0 Å². The molecule has 0 aromatic heterocycles. The largest absolute Gasteiger partial charge is 0.508 e. The third-order valence-electron chi connectivity index (χ3n) is 4.14. The van der Waals surface area contributed by atoms with Gasteiger partial charge in [0.1, 0.15) is 5.75 Å². The molecule has 108 valence electrons. The number of aromatic hydroxyl groups is 1. The molecule has 0 aliphatic heterocycles. The van der Waals surface area contributed by atoms with Crippen molar-refractivity contribution in [3.05, 3.63) is 65.2 Å². The Hall–Kier alpha value is -2.09. The lowest BCUT2D eigenvalue weighted by Gasteiger charge is -2.13. The second-order valence-electron chi connectivity index (χ2n) is 5.71. The van der Waals surface area contributed by atoms with E-state index in [-0.39, 0.29) is 6.04 Å². The summed E-state index contributed by atoms with van der Waals surface area (Å²) in [7, 11) is 0. The lowest BCUT2D eigenvalue weighted by Crippen LogP contribution is -2.04. The van der Waals surface area contributed by atoms with E-state index in [1.54, 1.807) is 6.07 Å². The van der Waals surface area contributed by atoms with Gasteiger partial charge in [0.25, 0.3) is 0 Å². The molecule has 0 saturated carbocycles. The number of aryl methyl sites for hydroxylation is 1. The average molecular weight is 279 g/mol. The van der Waals surface area contributed by atoms with E-state index >= 15 is 0 Å². The third kappa shape index (κ3) is 3.15. The van der Waals surface area contributed by atoms with Crippen LogP contribution in [-0.2, 0) is 6.42 Å². The standard InChI is InChI=1S/C19H21NO/c1-14(15-7-3-2-4-8-15)20-19-10-6-5-9-16-13-17(21)11-12-18(16)19/h2-4,7-8,11-14,21H,5-6,9-10H2,1H3/t14-/m1/s1. The van der Waals surface area contributed by atoms with Crippen LogP contribution in [-0.4, -0.2) is 10.8 Å². The second kappa shape index (κ2) is 6.13. The number of phenolic OH excluding ortho intramolecular Hbond substituents is 1. The quantitative estimate of drug-likeness (QED) is 0.796. The monoisotopic (exact) mass is 279 g/mol. The van der Waals surface area contributed by atoms with E-state index in [0.717, 1.165) is 25.7 Å². The van der Waals surface area contributed by atoms with Gasteiger partial charge in [-0.3, -0.25) is 4.99 Å². The van der Waals surface area contributed by atoms with Gasteiger partial charge in [-0.15, -0.1) is 0 Å². The van der Waals surface area contributed by atoms with Crippen LogP contribution in [0.1, 0.15) is 48.9 Å². The fourth-order valence-corrected chi connectivity index (χ4v) is 2.98. The van der Waals surface area contributed by atoms with Gasteiger partial charge < -0.3 is 5.11 Å². The van der Waals surface area contributed by atoms with Gasteiger partial charge in [0, 0.05) is 5.71 Å². The Morgan fingerprint density at radius 2 is 1.76 bits per heavy atom. The molecule has 0 saturated heterocycles. The number of hydrogen-bond donors (Lipinski definition) is 1. The molecule has 0 unspecified atom stereocenters. The van der Waals surface area contributed by atoms with E-state index in [9.17, 15) is 5.11 Å². The van der Waals surface area contributed by atoms with Crippen molar-refractivity contribution in [1.29, 1.82) is 0 Å². The average Bonchev–Trinajstić information content (AvgIpc) is 2.70. The Labute approximate surface area is 126 Å². The van der Waals surface area contributed by atoms with E-state index in [1.165, 1.54) is 22.4 Å². The second-order valence-corrected chi connectivity index (χ2v) is 5.71. The van der Waals surface area contributed by atoms with Crippen LogP contribution < -0.4 is 0 Å². The Kier molecular flexibility index (Phi) is 4.05. The zero-order chi connectivity index (χ0) is 14.7. The summed E-state index contributed by atoms with van der Waals surface area (Å²) in [6.45, 7) is 2.15. The van der Waals surface area contributed by atoms with Crippen molar-refractivity contribution in [3.63, 3.8) is 0 Å². The smallest absolute Gasteiger partial charge is 0.115 e. The summed E-state index contributed by atoms with van der Waals surface area (Å²) in [5, 5.41) is 9.69. The molecular weight excluding hydrogens is 258 g/mol. The van der Waals surface area contributed by atoms with Crippen molar-refractivity contribution < 1.29 is 5.11 Å². The predicted octanol–water partition coefficient (Wildman–Crippen LogP) is 4.67. The predicted molar refractivity (Wildman–Crippen MR) is 87.1 cm³/mol. The summed E-state index contributed by atoms with van der Waals surface area (Å²) < 4.78 is 0. The van der Waals surface area contributed by atoms with Gasteiger partial charge in [-0.1, -0.05) is 30.3 Å². The minimum atomic E-state index is 0.168. The van der Waals surface area contributed by atoms with Crippen molar-refractivity contribution in [3.8, 4) is 5.75 Å². The number of hydrogen-bond acceptors (Lipinski definition) is 2. The summed E-state index contributed by atoms with van der Waals surface area (Å²) in [5.74, 6) is 0.353. The highest BCUT2D eigenvalue weighted by Crippen LogP contribution is 2.27. The van der Waals surface area contributed by atoms with E-state index in [1.807, 2.05) is 18.2 Å². The summed E-state index contributed by atoms with van der Waals surface area (Å²) >= 11 is 0. The summed E-state index contributed by atoms with van der Waals surface area (Å²) in [6.07, 6.45) is 4.38. The van der Waals surface area contributed by atoms with Gasteiger partial charge in [-0.25, -0.2) is 0 Å². The highest BCUT2D eigenvalue weighted by molar-refractivity contribution is 6.02. The van der Waals surface area contributed by atoms with E-state index in [4.69, 9.17) is 4.99 Å². The number of phenols is 1. The zero-order valence-corrected chi connectivity index (χ0v) is 12.4. The molecule has 1 aliphatic carbocycles. The normalized spacial score (nSPS) is 18.0. The Morgan fingerprint density at radius 3 is 2.57 bits per heavy atom. The van der Waals surface area contributed by atoms with Gasteiger partial charge >= 0.3 is 0 Å². The van der Waals surface area contributed by atoms with Crippen LogP contribution in [0.2, 0.25) is 0 Å². The molecule has 0 amide bonds. The van der Waals surface area contributed by atoms with Crippen LogP contribution in [0.5, 0.6) is 5.75 Å². The molecule has 2 aromatic rings. The van der Waals surface area contributed by atoms with Gasteiger partial charge in [0.15, 0.2) is 0 Å². The first-order valence-electron chi connectivity index (χ1n) is 7.68. The molecular formula is C19H21NO. The molecule has 1 aliphatic rings. The molecule has 0 heterocycles. The Bertz CT molecular complexity index is 646. The van der Waals surface area contributed by atoms with Gasteiger partial charge in [0.2, 0.25) is 0 Å². The van der Waals surface area contributed by atoms with Crippen LogP contribution in [0.25, 0.3) is 0 Å². The van der Waals surface area contributed by atoms with Crippen LogP contribution >= 0.6 is 0 Å². The molecule has 21 heavy (non-hydrogen) atoms. The molecule has 3 rings (SSSR count). The lowest BCUT2D eigenvalue weighted by molar-refractivity contribution is 0.474. The van der Waals surface area contributed by atoms with Crippen molar-refractivity contribution in [2.24, 2.45) is 4.99 Å². The van der Waals surface area contributed by atoms with Crippen LogP contribution in [0, 0.1) is 0 Å². The SMILES string of the molecule is C[C@@H](N=C1CCCCc2cc(O)ccc21)c1ccccc1. The van der Waals surface area contributed by atoms with Crippen molar-refractivity contribution in [2.45, 2.75) is 38.6 Å².